The Morgan fingerprint density at radius 1 is 0.923 bits per heavy atom. The molecule has 1 amide bonds. The lowest BCUT2D eigenvalue weighted by Crippen LogP contribution is -2.66. The second-order valence-electron chi connectivity index (χ2n) is 5.97. The van der Waals surface area contributed by atoms with Crippen molar-refractivity contribution in [1.29, 1.82) is 0 Å². The molecule has 0 unspecified atom stereocenters. The molecule has 5 atom stereocenters. The molecule has 148 valence electrons. The van der Waals surface area contributed by atoms with Gasteiger partial charge in [0.1, 0.15) is 12.7 Å². The largest absolute Gasteiger partial charge is 0.463 e. The molecule has 1 saturated heterocycles. The summed E-state index contributed by atoms with van der Waals surface area (Å²) in [6.07, 6.45) is -3.26. The van der Waals surface area contributed by atoms with Gasteiger partial charge in [0.05, 0.1) is 12.1 Å². The molecule has 0 saturated carbocycles. The third-order valence-corrected chi connectivity index (χ3v) is 3.67. The molecule has 0 aliphatic carbocycles. The Morgan fingerprint density at radius 2 is 1.50 bits per heavy atom. The van der Waals surface area contributed by atoms with Crippen molar-refractivity contribution in [3.8, 4) is 0 Å². The molecule has 0 aromatic carbocycles. The first kappa shape index (κ1) is 21.8. The number of rotatable bonds is 7. The predicted octanol–water partition coefficient (Wildman–Crippen LogP) is -0.966. The van der Waals surface area contributed by atoms with E-state index >= 15 is 0 Å². The number of hydrogen-bond acceptors (Lipinski definition) is 9. The second kappa shape index (κ2) is 10.1. The van der Waals surface area contributed by atoms with E-state index in [-0.39, 0.29) is 19.1 Å². The summed E-state index contributed by atoms with van der Waals surface area (Å²) in [7, 11) is 0. The summed E-state index contributed by atoms with van der Waals surface area (Å²) in [6.45, 7) is 4.95. The van der Waals surface area contributed by atoms with E-state index in [4.69, 9.17) is 24.7 Å². The van der Waals surface area contributed by atoms with Gasteiger partial charge in [0.25, 0.3) is 0 Å². The number of nitrogens with two attached hydrogens (primary N) is 1. The van der Waals surface area contributed by atoms with Crippen LogP contribution in [0.5, 0.6) is 0 Å². The number of carbonyl (C=O) groups is 4. The van der Waals surface area contributed by atoms with E-state index in [1.807, 2.05) is 0 Å². The summed E-state index contributed by atoms with van der Waals surface area (Å²) in [5, 5.41) is 2.66. The normalized spacial score (nSPS) is 28.0. The monoisotopic (exact) mass is 374 g/mol. The first-order chi connectivity index (χ1) is 12.1. The van der Waals surface area contributed by atoms with Gasteiger partial charge in [-0.2, -0.15) is 0 Å². The van der Waals surface area contributed by atoms with Gasteiger partial charge in [0, 0.05) is 27.7 Å². The average molecular weight is 374 g/mol. The van der Waals surface area contributed by atoms with E-state index in [2.05, 4.69) is 5.32 Å². The highest BCUT2D eigenvalue weighted by atomic mass is 16.6. The minimum absolute atomic E-state index is 0.209. The van der Waals surface area contributed by atoms with Crippen molar-refractivity contribution in [2.24, 2.45) is 5.73 Å². The molecular weight excluding hydrogens is 348 g/mol. The molecule has 26 heavy (non-hydrogen) atoms. The molecule has 1 aliphatic rings. The molecule has 10 heteroatoms. The molecule has 1 heterocycles. The molecule has 0 spiro atoms. The van der Waals surface area contributed by atoms with Crippen LogP contribution in [0, 0.1) is 0 Å². The Bertz CT molecular complexity index is 538. The number of amides is 1. The van der Waals surface area contributed by atoms with Gasteiger partial charge in [0.15, 0.2) is 12.2 Å². The van der Waals surface area contributed by atoms with Gasteiger partial charge in [-0.1, -0.05) is 0 Å². The fourth-order valence-corrected chi connectivity index (χ4v) is 2.84. The first-order valence-electron chi connectivity index (χ1n) is 8.26. The fraction of sp³-hybridized carbons (Fsp3) is 0.750. The quantitative estimate of drug-likeness (QED) is 0.425. The van der Waals surface area contributed by atoms with Crippen LogP contribution < -0.4 is 11.1 Å². The standard InChI is InChI=1S/C16H26N2O8/c1-8(19)18-14-12(5-6-17)26-13(7-23-9(2)20)15(24-10(3)21)16(14)25-11(4)22/h12-16H,5-7,17H2,1-4H3,(H,18,19)/t12-,13-,14+,15+,16-/m1/s1. The van der Waals surface area contributed by atoms with Crippen LogP contribution in [0.1, 0.15) is 34.1 Å². The van der Waals surface area contributed by atoms with Gasteiger partial charge < -0.3 is 30.0 Å². The molecule has 1 aliphatic heterocycles. The van der Waals surface area contributed by atoms with E-state index < -0.39 is 48.4 Å². The van der Waals surface area contributed by atoms with Crippen LogP contribution >= 0.6 is 0 Å². The molecule has 0 aromatic heterocycles. The number of carbonyl (C=O) groups excluding carboxylic acids is 4. The second-order valence-corrected chi connectivity index (χ2v) is 5.97. The lowest BCUT2D eigenvalue weighted by Gasteiger charge is -2.45. The van der Waals surface area contributed by atoms with Crippen LogP contribution in [0.25, 0.3) is 0 Å². The number of ether oxygens (including phenoxy) is 4. The molecule has 3 N–H and O–H groups in total. The van der Waals surface area contributed by atoms with Crippen molar-refractivity contribution in [2.45, 2.75) is 64.6 Å². The summed E-state index contributed by atoms with van der Waals surface area (Å²) in [5.41, 5.74) is 5.61. The molecular formula is C16H26N2O8. The van der Waals surface area contributed by atoms with Gasteiger partial charge >= 0.3 is 17.9 Å². The third-order valence-electron chi connectivity index (χ3n) is 3.67. The minimum Gasteiger partial charge on any atom is -0.463 e. The van der Waals surface area contributed by atoms with E-state index in [1.165, 1.54) is 27.7 Å². The van der Waals surface area contributed by atoms with E-state index in [0.717, 1.165) is 0 Å². The zero-order chi connectivity index (χ0) is 19.9. The SMILES string of the molecule is CC(=O)N[C@@H]1[C@@H](OC(C)=O)[C@@H](OC(C)=O)[C@@H](COC(C)=O)O[C@@H]1CCN. The molecule has 10 nitrogen and oxygen atoms in total. The van der Waals surface area contributed by atoms with Gasteiger partial charge in [-0.25, -0.2) is 0 Å². The van der Waals surface area contributed by atoms with E-state index in [1.54, 1.807) is 0 Å². The maximum Gasteiger partial charge on any atom is 0.303 e. The van der Waals surface area contributed by atoms with Crippen LogP contribution in [0.3, 0.4) is 0 Å². The Morgan fingerprint density at radius 3 is 1.96 bits per heavy atom. The first-order valence-corrected chi connectivity index (χ1v) is 8.26. The van der Waals surface area contributed by atoms with E-state index in [0.29, 0.717) is 6.42 Å². The zero-order valence-electron chi connectivity index (χ0n) is 15.4. The summed E-state index contributed by atoms with van der Waals surface area (Å²) in [6, 6.07) is -0.780. The number of hydrogen-bond donors (Lipinski definition) is 2. The summed E-state index contributed by atoms with van der Waals surface area (Å²) >= 11 is 0. The van der Waals surface area contributed by atoms with Crippen LogP contribution in [-0.2, 0) is 38.1 Å². The van der Waals surface area contributed by atoms with Crippen LogP contribution in [0.15, 0.2) is 0 Å². The Hall–Kier alpha value is -2.20. The van der Waals surface area contributed by atoms with Crippen molar-refractivity contribution in [1.82, 2.24) is 5.32 Å². The zero-order valence-corrected chi connectivity index (χ0v) is 15.4. The van der Waals surface area contributed by atoms with Gasteiger partial charge in [-0.15, -0.1) is 0 Å². The average Bonchev–Trinajstić information content (AvgIpc) is 2.50. The van der Waals surface area contributed by atoms with Crippen LogP contribution in [0.2, 0.25) is 0 Å². The summed E-state index contributed by atoms with van der Waals surface area (Å²) in [5.74, 6) is -2.18. The highest BCUT2D eigenvalue weighted by molar-refractivity contribution is 5.73. The van der Waals surface area contributed by atoms with Crippen molar-refractivity contribution >= 4 is 23.8 Å². The summed E-state index contributed by atoms with van der Waals surface area (Å²) < 4.78 is 21.5. The number of esters is 3. The molecule has 1 fully saturated rings. The molecule has 0 bridgehead atoms. The minimum atomic E-state index is -1.07. The van der Waals surface area contributed by atoms with Crippen molar-refractivity contribution in [2.75, 3.05) is 13.2 Å². The van der Waals surface area contributed by atoms with E-state index in [9.17, 15) is 19.2 Å². The predicted molar refractivity (Wildman–Crippen MR) is 87.7 cm³/mol. The Balaban J connectivity index is 3.22. The van der Waals surface area contributed by atoms with Crippen LogP contribution in [0.4, 0.5) is 0 Å². The summed E-state index contributed by atoms with van der Waals surface area (Å²) in [4.78, 5) is 45.9. The highest BCUT2D eigenvalue weighted by Crippen LogP contribution is 2.28. The smallest absolute Gasteiger partial charge is 0.303 e. The molecule has 0 aromatic rings. The van der Waals surface area contributed by atoms with Gasteiger partial charge in [0.2, 0.25) is 5.91 Å². The highest BCUT2D eigenvalue weighted by Gasteiger charge is 2.50. The fourth-order valence-electron chi connectivity index (χ4n) is 2.84. The van der Waals surface area contributed by atoms with Gasteiger partial charge in [-0.3, -0.25) is 19.2 Å². The van der Waals surface area contributed by atoms with Crippen molar-refractivity contribution < 1.29 is 38.1 Å². The topological polar surface area (TPSA) is 143 Å². The Kier molecular flexibility index (Phi) is 8.46. The molecule has 0 radical (unpaired) electrons. The van der Waals surface area contributed by atoms with Crippen molar-refractivity contribution in [3.63, 3.8) is 0 Å². The third kappa shape index (κ3) is 6.60. The molecule has 1 rings (SSSR count). The maximum absolute atomic E-state index is 11.6. The van der Waals surface area contributed by atoms with Crippen molar-refractivity contribution in [3.05, 3.63) is 0 Å². The maximum atomic E-state index is 11.6. The van der Waals surface area contributed by atoms with Gasteiger partial charge in [-0.05, 0) is 13.0 Å². The lowest BCUT2D eigenvalue weighted by atomic mass is 9.90. The lowest BCUT2D eigenvalue weighted by molar-refractivity contribution is -0.224. The van der Waals surface area contributed by atoms with Crippen LogP contribution in [-0.4, -0.2) is 67.4 Å². The Labute approximate surface area is 151 Å². The number of nitrogens with one attached hydrogen (secondary N) is 1.